The Kier molecular flexibility index (Phi) is 4.76. The average molecular weight is 359 g/mol. The molecule has 0 amide bonds. The summed E-state index contributed by atoms with van der Waals surface area (Å²) in [6, 6.07) is 23.6. The number of hydrogen-bond donors (Lipinski definition) is 0. The van der Waals surface area contributed by atoms with Gasteiger partial charge in [0, 0.05) is 19.2 Å². The van der Waals surface area contributed by atoms with Gasteiger partial charge in [0.05, 0.1) is 0 Å². The lowest BCUT2D eigenvalue weighted by Crippen LogP contribution is -2.01. The maximum absolute atomic E-state index is 4.44. The molecule has 26 heavy (non-hydrogen) atoms. The van der Waals surface area contributed by atoms with Crippen LogP contribution in [0.2, 0.25) is 0 Å². The van der Waals surface area contributed by atoms with Crippen molar-refractivity contribution in [2.45, 2.75) is 24.3 Å². The molecule has 0 N–H and O–H groups in total. The minimum atomic E-state index is 0.788. The molecule has 4 aromatic rings. The lowest BCUT2D eigenvalue weighted by atomic mass is 10.0. The Bertz CT molecular complexity index is 1030. The van der Waals surface area contributed by atoms with E-state index in [0.717, 1.165) is 23.2 Å². The molecular weight excluding hydrogens is 338 g/mol. The molecule has 4 rings (SSSR count). The monoisotopic (exact) mass is 359 g/mol. The number of thioether (sulfide) groups is 1. The second-order valence-corrected chi connectivity index (χ2v) is 7.49. The third-order valence-electron chi connectivity index (χ3n) is 4.64. The SMILES string of the molecule is Cc1ccc(CSc2nnc(Cc3cccc4ccccc34)n2C)cc1. The van der Waals surface area contributed by atoms with E-state index >= 15 is 0 Å². The number of benzene rings is 3. The van der Waals surface area contributed by atoms with Crippen molar-refractivity contribution in [3.8, 4) is 0 Å². The Balaban J connectivity index is 1.52. The summed E-state index contributed by atoms with van der Waals surface area (Å²) in [6.07, 6.45) is 0.788. The highest BCUT2D eigenvalue weighted by Gasteiger charge is 2.11. The zero-order valence-electron chi connectivity index (χ0n) is 15.0. The van der Waals surface area contributed by atoms with Gasteiger partial charge in [-0.2, -0.15) is 0 Å². The lowest BCUT2D eigenvalue weighted by molar-refractivity contribution is 0.750. The Morgan fingerprint density at radius 3 is 2.50 bits per heavy atom. The maximum Gasteiger partial charge on any atom is 0.191 e. The highest BCUT2D eigenvalue weighted by molar-refractivity contribution is 7.98. The summed E-state index contributed by atoms with van der Waals surface area (Å²) in [5.74, 6) is 1.90. The third-order valence-corrected chi connectivity index (χ3v) is 5.73. The molecule has 3 aromatic carbocycles. The first kappa shape index (κ1) is 16.9. The summed E-state index contributed by atoms with van der Waals surface area (Å²) in [5, 5.41) is 12.3. The quantitative estimate of drug-likeness (QED) is 0.461. The van der Waals surface area contributed by atoms with E-state index in [1.807, 2.05) is 0 Å². The van der Waals surface area contributed by atoms with Crippen molar-refractivity contribution in [3.05, 3.63) is 89.2 Å². The highest BCUT2D eigenvalue weighted by Crippen LogP contribution is 2.24. The van der Waals surface area contributed by atoms with Gasteiger partial charge in [-0.3, -0.25) is 0 Å². The molecule has 0 saturated carbocycles. The highest BCUT2D eigenvalue weighted by atomic mass is 32.2. The molecule has 0 aliphatic rings. The Labute approximate surface area is 158 Å². The van der Waals surface area contributed by atoms with Crippen molar-refractivity contribution in [2.75, 3.05) is 0 Å². The zero-order valence-corrected chi connectivity index (χ0v) is 15.8. The van der Waals surface area contributed by atoms with Crippen molar-refractivity contribution >= 4 is 22.5 Å². The smallest absolute Gasteiger partial charge is 0.191 e. The van der Waals surface area contributed by atoms with Gasteiger partial charge in [0.15, 0.2) is 5.16 Å². The van der Waals surface area contributed by atoms with E-state index in [4.69, 9.17) is 0 Å². The molecule has 0 radical (unpaired) electrons. The van der Waals surface area contributed by atoms with Gasteiger partial charge < -0.3 is 4.57 Å². The van der Waals surface area contributed by atoms with E-state index < -0.39 is 0 Å². The number of nitrogens with zero attached hydrogens (tertiary/aromatic N) is 3. The molecular formula is C22H21N3S. The van der Waals surface area contributed by atoms with Crippen LogP contribution in [0.4, 0.5) is 0 Å². The van der Waals surface area contributed by atoms with Crippen molar-refractivity contribution in [3.63, 3.8) is 0 Å². The van der Waals surface area contributed by atoms with E-state index in [1.54, 1.807) is 11.8 Å². The summed E-state index contributed by atoms with van der Waals surface area (Å²) in [7, 11) is 2.05. The van der Waals surface area contributed by atoms with Gasteiger partial charge in [-0.25, -0.2) is 0 Å². The van der Waals surface area contributed by atoms with Crippen LogP contribution in [0, 0.1) is 6.92 Å². The predicted octanol–water partition coefficient (Wildman–Crippen LogP) is 5.16. The van der Waals surface area contributed by atoms with Gasteiger partial charge >= 0.3 is 0 Å². The molecule has 130 valence electrons. The zero-order chi connectivity index (χ0) is 17.9. The summed E-state index contributed by atoms with van der Waals surface area (Å²) in [5.41, 5.74) is 3.88. The molecule has 0 bridgehead atoms. The fourth-order valence-corrected chi connectivity index (χ4v) is 3.96. The minimum absolute atomic E-state index is 0.788. The van der Waals surface area contributed by atoms with Gasteiger partial charge in [-0.15, -0.1) is 10.2 Å². The van der Waals surface area contributed by atoms with Gasteiger partial charge in [0.2, 0.25) is 0 Å². The molecule has 0 fully saturated rings. The van der Waals surface area contributed by atoms with Crippen LogP contribution < -0.4 is 0 Å². The summed E-state index contributed by atoms with van der Waals surface area (Å²) in [4.78, 5) is 0. The van der Waals surface area contributed by atoms with Gasteiger partial charge in [0.1, 0.15) is 5.82 Å². The normalized spacial score (nSPS) is 11.2. The molecule has 0 saturated heterocycles. The van der Waals surface area contributed by atoms with Crippen molar-refractivity contribution in [1.82, 2.24) is 14.8 Å². The number of aromatic nitrogens is 3. The number of hydrogen-bond acceptors (Lipinski definition) is 3. The van der Waals surface area contributed by atoms with Crippen LogP contribution in [0.25, 0.3) is 10.8 Å². The van der Waals surface area contributed by atoms with Crippen molar-refractivity contribution in [2.24, 2.45) is 7.05 Å². The first-order valence-electron chi connectivity index (χ1n) is 8.74. The Hall–Kier alpha value is -2.59. The summed E-state index contributed by atoms with van der Waals surface area (Å²) < 4.78 is 2.11. The fourth-order valence-electron chi connectivity index (χ4n) is 3.07. The van der Waals surface area contributed by atoms with Crippen LogP contribution in [-0.2, 0) is 19.2 Å². The van der Waals surface area contributed by atoms with Crippen LogP contribution in [0.5, 0.6) is 0 Å². The Morgan fingerprint density at radius 2 is 1.65 bits per heavy atom. The first-order chi connectivity index (χ1) is 12.7. The van der Waals surface area contributed by atoms with Crippen LogP contribution >= 0.6 is 11.8 Å². The predicted molar refractivity (Wildman–Crippen MR) is 108 cm³/mol. The van der Waals surface area contributed by atoms with Gasteiger partial charge in [0.25, 0.3) is 0 Å². The van der Waals surface area contributed by atoms with Crippen LogP contribution in [0.1, 0.15) is 22.5 Å². The topological polar surface area (TPSA) is 30.7 Å². The molecule has 1 heterocycles. The first-order valence-corrected chi connectivity index (χ1v) is 9.72. The second-order valence-electron chi connectivity index (χ2n) is 6.55. The second kappa shape index (κ2) is 7.34. The standard InChI is InChI=1S/C22H21N3S/c1-16-10-12-17(13-11-16)15-26-22-24-23-21(25(22)2)14-19-8-5-7-18-6-3-4-9-20(18)19/h3-13H,14-15H2,1-2H3. The molecule has 0 aliphatic heterocycles. The van der Waals surface area contributed by atoms with Crippen molar-refractivity contribution < 1.29 is 0 Å². The van der Waals surface area contributed by atoms with Crippen molar-refractivity contribution in [1.29, 1.82) is 0 Å². The number of rotatable bonds is 5. The molecule has 1 aromatic heterocycles. The minimum Gasteiger partial charge on any atom is -0.309 e. The number of fused-ring (bicyclic) bond motifs is 1. The van der Waals surface area contributed by atoms with E-state index in [1.165, 1.54) is 27.5 Å². The Morgan fingerprint density at radius 1 is 0.885 bits per heavy atom. The van der Waals surface area contributed by atoms with Crippen LogP contribution in [-0.4, -0.2) is 14.8 Å². The van der Waals surface area contributed by atoms with Gasteiger partial charge in [-0.05, 0) is 28.8 Å². The lowest BCUT2D eigenvalue weighted by Gasteiger charge is -2.07. The van der Waals surface area contributed by atoms with E-state index in [9.17, 15) is 0 Å². The summed E-state index contributed by atoms with van der Waals surface area (Å²) >= 11 is 1.73. The summed E-state index contributed by atoms with van der Waals surface area (Å²) in [6.45, 7) is 2.11. The van der Waals surface area contributed by atoms with E-state index in [-0.39, 0.29) is 0 Å². The van der Waals surface area contributed by atoms with E-state index in [2.05, 4.69) is 95.5 Å². The number of aryl methyl sites for hydroxylation is 1. The molecule has 3 nitrogen and oxygen atoms in total. The van der Waals surface area contributed by atoms with Gasteiger partial charge in [-0.1, -0.05) is 84.1 Å². The molecule has 0 atom stereocenters. The molecule has 0 spiro atoms. The van der Waals surface area contributed by atoms with Crippen LogP contribution in [0.3, 0.4) is 0 Å². The fraction of sp³-hybridized carbons (Fsp3) is 0.182. The molecule has 4 heteroatoms. The van der Waals surface area contributed by atoms with Crippen LogP contribution in [0.15, 0.2) is 71.9 Å². The average Bonchev–Trinajstić information content (AvgIpc) is 3.01. The maximum atomic E-state index is 4.44. The largest absolute Gasteiger partial charge is 0.309 e. The third kappa shape index (κ3) is 3.51. The van der Waals surface area contributed by atoms with E-state index in [0.29, 0.717) is 0 Å². The molecule has 0 aliphatic carbocycles. The molecule has 0 unspecified atom stereocenters.